The number of hydrogen-bond acceptors (Lipinski definition) is 4. The molecule has 0 radical (unpaired) electrons. The van der Waals surface area contributed by atoms with Crippen LogP contribution in [0.1, 0.15) is 36.0 Å². The van der Waals surface area contributed by atoms with Crippen molar-refractivity contribution in [3.63, 3.8) is 0 Å². The lowest BCUT2D eigenvalue weighted by Gasteiger charge is -2.45. The summed E-state index contributed by atoms with van der Waals surface area (Å²) < 4.78 is 6.60. The molecule has 3 aromatic carbocycles. The molecule has 3 aromatic rings. The van der Waals surface area contributed by atoms with Crippen molar-refractivity contribution < 1.29 is 9.84 Å². The van der Waals surface area contributed by atoms with E-state index in [1.165, 1.54) is 5.56 Å². The number of rotatable bonds is 7. The van der Waals surface area contributed by atoms with Crippen molar-refractivity contribution in [1.82, 2.24) is 9.80 Å². The molecule has 0 bridgehead atoms. The van der Waals surface area contributed by atoms with Gasteiger partial charge in [-0.15, -0.1) is 0 Å². The molecule has 5 rings (SSSR count). The molecular formula is C30H35ClN2O2. The summed E-state index contributed by atoms with van der Waals surface area (Å²) in [4.78, 5) is 4.98. The molecule has 5 heteroatoms. The zero-order valence-corrected chi connectivity index (χ0v) is 21.0. The first-order valence-corrected chi connectivity index (χ1v) is 13.1. The van der Waals surface area contributed by atoms with Gasteiger partial charge < -0.3 is 14.7 Å². The summed E-state index contributed by atoms with van der Waals surface area (Å²) in [5, 5.41) is 12.0. The van der Waals surface area contributed by atoms with Crippen LogP contribution in [0.3, 0.4) is 0 Å². The molecule has 0 saturated carbocycles. The Balaban J connectivity index is 1.28. The number of benzene rings is 3. The second-order valence-corrected chi connectivity index (χ2v) is 10.5. The molecule has 1 unspecified atom stereocenters. The molecule has 35 heavy (non-hydrogen) atoms. The Morgan fingerprint density at radius 2 is 1.49 bits per heavy atom. The van der Waals surface area contributed by atoms with Crippen LogP contribution in [0.25, 0.3) is 0 Å². The first-order valence-electron chi connectivity index (χ1n) is 12.7. The number of aliphatic hydroxyl groups is 1. The van der Waals surface area contributed by atoms with Gasteiger partial charge in [-0.2, -0.15) is 0 Å². The Morgan fingerprint density at radius 1 is 0.800 bits per heavy atom. The van der Waals surface area contributed by atoms with Gasteiger partial charge in [0.25, 0.3) is 0 Å². The Kier molecular flexibility index (Phi) is 7.56. The van der Waals surface area contributed by atoms with E-state index in [0.717, 1.165) is 74.7 Å². The summed E-state index contributed by atoms with van der Waals surface area (Å²) in [6.45, 7) is 6.06. The zero-order chi connectivity index (χ0) is 24.1. The van der Waals surface area contributed by atoms with Crippen molar-refractivity contribution in [2.45, 2.75) is 37.0 Å². The molecule has 2 aliphatic heterocycles. The van der Waals surface area contributed by atoms with E-state index in [-0.39, 0.29) is 0 Å². The predicted molar refractivity (Wildman–Crippen MR) is 141 cm³/mol. The molecule has 4 nitrogen and oxygen atoms in total. The van der Waals surface area contributed by atoms with Crippen LogP contribution in [0.5, 0.6) is 0 Å². The molecule has 2 saturated heterocycles. The van der Waals surface area contributed by atoms with Crippen molar-refractivity contribution in [2.24, 2.45) is 0 Å². The number of nitrogens with zero attached hydrogens (tertiary/aromatic N) is 2. The number of morpholine rings is 1. The van der Waals surface area contributed by atoms with Crippen LogP contribution in [0.4, 0.5) is 0 Å². The van der Waals surface area contributed by atoms with Gasteiger partial charge >= 0.3 is 0 Å². The zero-order valence-electron chi connectivity index (χ0n) is 20.3. The standard InChI is InChI=1S/C30H35ClN2O2/c31-28-13-7-12-27(22-28)30(24-33(20-21-35-30)23-25-8-3-1-4-9-25)16-19-32-17-14-29(34,15-18-32)26-10-5-2-6-11-26/h1-13,22,34H,14-21,23-24H2. The number of piperidine rings is 1. The summed E-state index contributed by atoms with van der Waals surface area (Å²) in [5.74, 6) is 0. The molecule has 184 valence electrons. The van der Waals surface area contributed by atoms with E-state index in [4.69, 9.17) is 16.3 Å². The predicted octanol–water partition coefficient (Wildman–Crippen LogP) is 5.44. The van der Waals surface area contributed by atoms with Gasteiger partial charge in [0.2, 0.25) is 0 Å². The summed E-state index contributed by atoms with van der Waals surface area (Å²) in [7, 11) is 0. The van der Waals surface area contributed by atoms with Crippen molar-refractivity contribution >= 4 is 11.6 Å². The third kappa shape index (κ3) is 5.79. The van der Waals surface area contributed by atoms with E-state index in [2.05, 4.69) is 52.3 Å². The minimum Gasteiger partial charge on any atom is -0.385 e. The fourth-order valence-electron chi connectivity index (χ4n) is 5.60. The van der Waals surface area contributed by atoms with Gasteiger partial charge in [-0.05, 0) is 48.1 Å². The van der Waals surface area contributed by atoms with Crippen molar-refractivity contribution in [3.8, 4) is 0 Å². The average molecular weight is 491 g/mol. The van der Waals surface area contributed by atoms with Gasteiger partial charge in [0.1, 0.15) is 5.60 Å². The second kappa shape index (κ2) is 10.8. The van der Waals surface area contributed by atoms with Crippen LogP contribution in [0.15, 0.2) is 84.9 Å². The lowest BCUT2D eigenvalue weighted by Crippen LogP contribution is -2.51. The molecule has 1 atom stereocenters. The SMILES string of the molecule is OC1(c2ccccc2)CCN(CCC2(c3cccc(Cl)c3)CN(Cc3ccccc3)CCO2)CC1. The van der Waals surface area contributed by atoms with E-state index >= 15 is 0 Å². The minimum atomic E-state index is -0.726. The quantitative estimate of drug-likeness (QED) is 0.478. The normalized spacial score (nSPS) is 23.3. The summed E-state index contributed by atoms with van der Waals surface area (Å²) in [6.07, 6.45) is 2.40. The van der Waals surface area contributed by atoms with Gasteiger partial charge in [0, 0.05) is 44.3 Å². The lowest BCUT2D eigenvalue weighted by atomic mass is 9.83. The van der Waals surface area contributed by atoms with Crippen LogP contribution in [0, 0.1) is 0 Å². The molecule has 2 fully saturated rings. The minimum absolute atomic E-state index is 0.398. The monoisotopic (exact) mass is 490 g/mol. The van der Waals surface area contributed by atoms with E-state index in [1.807, 2.05) is 42.5 Å². The molecule has 2 heterocycles. The van der Waals surface area contributed by atoms with Crippen LogP contribution in [0.2, 0.25) is 5.02 Å². The van der Waals surface area contributed by atoms with Crippen molar-refractivity contribution in [1.29, 1.82) is 0 Å². The fraction of sp³-hybridized carbons (Fsp3) is 0.400. The highest BCUT2D eigenvalue weighted by atomic mass is 35.5. The maximum absolute atomic E-state index is 11.2. The molecule has 0 spiro atoms. The Morgan fingerprint density at radius 3 is 2.20 bits per heavy atom. The molecule has 0 aromatic heterocycles. The summed E-state index contributed by atoms with van der Waals surface area (Å²) in [5.41, 5.74) is 2.38. The number of halogens is 1. The van der Waals surface area contributed by atoms with Crippen molar-refractivity contribution in [2.75, 3.05) is 39.3 Å². The summed E-state index contributed by atoms with van der Waals surface area (Å²) >= 11 is 6.42. The number of hydrogen-bond donors (Lipinski definition) is 1. The Bertz CT molecular complexity index is 1090. The maximum atomic E-state index is 11.2. The highest BCUT2D eigenvalue weighted by Gasteiger charge is 2.40. The topological polar surface area (TPSA) is 35.9 Å². The highest BCUT2D eigenvalue weighted by molar-refractivity contribution is 6.30. The summed E-state index contributed by atoms with van der Waals surface area (Å²) in [6, 6.07) is 28.9. The first-order chi connectivity index (χ1) is 17.0. The van der Waals surface area contributed by atoms with Gasteiger partial charge in [-0.3, -0.25) is 4.90 Å². The van der Waals surface area contributed by atoms with Crippen LogP contribution < -0.4 is 0 Å². The van der Waals surface area contributed by atoms with Crippen molar-refractivity contribution in [3.05, 3.63) is 107 Å². The van der Waals surface area contributed by atoms with Gasteiger partial charge in [0.05, 0.1) is 12.2 Å². The average Bonchev–Trinajstić information content (AvgIpc) is 2.90. The second-order valence-electron chi connectivity index (χ2n) is 10.0. The van der Waals surface area contributed by atoms with E-state index in [1.54, 1.807) is 0 Å². The van der Waals surface area contributed by atoms with E-state index in [9.17, 15) is 5.11 Å². The fourth-order valence-corrected chi connectivity index (χ4v) is 5.79. The third-order valence-electron chi connectivity index (χ3n) is 7.69. The van der Waals surface area contributed by atoms with E-state index in [0.29, 0.717) is 6.61 Å². The van der Waals surface area contributed by atoms with Gasteiger partial charge in [0.15, 0.2) is 0 Å². The van der Waals surface area contributed by atoms with Crippen LogP contribution in [-0.2, 0) is 22.5 Å². The van der Waals surface area contributed by atoms with Crippen LogP contribution >= 0.6 is 11.6 Å². The lowest BCUT2D eigenvalue weighted by molar-refractivity contribution is -0.126. The van der Waals surface area contributed by atoms with Crippen LogP contribution in [-0.4, -0.2) is 54.2 Å². The smallest absolute Gasteiger partial charge is 0.107 e. The number of ether oxygens (including phenoxy) is 1. The molecule has 0 amide bonds. The Hall–Kier alpha value is -2.21. The molecular weight excluding hydrogens is 456 g/mol. The largest absolute Gasteiger partial charge is 0.385 e. The highest BCUT2D eigenvalue weighted by Crippen LogP contribution is 2.37. The van der Waals surface area contributed by atoms with Gasteiger partial charge in [-0.1, -0.05) is 84.4 Å². The Labute approximate surface area is 214 Å². The molecule has 0 aliphatic carbocycles. The molecule has 1 N–H and O–H groups in total. The first kappa shape index (κ1) is 24.5. The molecule has 2 aliphatic rings. The maximum Gasteiger partial charge on any atom is 0.107 e. The third-order valence-corrected chi connectivity index (χ3v) is 7.93. The number of likely N-dealkylation sites (tertiary alicyclic amines) is 1. The van der Waals surface area contributed by atoms with Gasteiger partial charge in [-0.25, -0.2) is 0 Å². The van der Waals surface area contributed by atoms with E-state index < -0.39 is 11.2 Å².